The monoisotopic (exact) mass is 654 g/mol. The summed E-state index contributed by atoms with van der Waals surface area (Å²) in [4.78, 5) is 72.4. The Kier molecular flexibility index (Phi) is 8.19. The number of tetrazole rings is 1. The summed E-state index contributed by atoms with van der Waals surface area (Å²) in [6.07, 6.45) is 3.10. The van der Waals surface area contributed by atoms with Crippen LogP contribution in [-0.4, -0.2) is 92.0 Å². The second-order valence-corrected chi connectivity index (χ2v) is 12.5. The normalized spacial score (nSPS) is 19.8. The molecular formula is C26H26N10O7S2. The van der Waals surface area contributed by atoms with Gasteiger partial charge in [0, 0.05) is 24.5 Å². The Bertz CT molecular complexity index is 1770. The van der Waals surface area contributed by atoms with E-state index in [1.165, 1.54) is 58.7 Å². The lowest BCUT2D eigenvalue weighted by molar-refractivity contribution is -0.150. The number of nitrogens with zero attached hydrogens (tertiary/aromatic N) is 6. The molecule has 2 fully saturated rings. The average molecular weight is 655 g/mol. The zero-order valence-corrected chi connectivity index (χ0v) is 25.1. The van der Waals surface area contributed by atoms with Crippen molar-refractivity contribution in [2.24, 2.45) is 7.05 Å². The van der Waals surface area contributed by atoms with E-state index in [2.05, 4.69) is 41.4 Å². The number of β-lactam (4-membered cyclic amide) rings is 1. The smallest absolute Gasteiger partial charge is 0.352 e. The number of nitrogens with one attached hydrogen (secondary N) is 4. The summed E-state index contributed by atoms with van der Waals surface area (Å²) >= 11 is 2.52. The predicted octanol–water partition coefficient (Wildman–Crippen LogP) is 0.270. The van der Waals surface area contributed by atoms with Crippen molar-refractivity contribution in [2.75, 3.05) is 16.8 Å². The molecule has 0 bridgehead atoms. The number of hydrogen-bond donors (Lipinski definition) is 6. The van der Waals surface area contributed by atoms with E-state index < -0.39 is 46.8 Å². The zero-order chi connectivity index (χ0) is 31.8. The van der Waals surface area contributed by atoms with Crippen LogP contribution in [-0.2, 0) is 21.4 Å². The third kappa shape index (κ3) is 6.21. The highest BCUT2D eigenvalue weighted by Crippen LogP contribution is 2.41. The number of thioether (sulfide) groups is 2. The number of benzene rings is 1. The van der Waals surface area contributed by atoms with Crippen molar-refractivity contribution in [3.05, 3.63) is 63.5 Å². The molecule has 19 heteroatoms. The SMILES string of the molecule is Cn1nnnc1SCC1=C(C(=O)O)N2C(=O)C(NC(=O)[C@H](NC(=O)Nc3cnc(C4CC4)[nH]c3=O)c3ccc(O)cc3)[C@H]2SC1. The highest BCUT2D eigenvalue weighted by atomic mass is 32.2. The van der Waals surface area contributed by atoms with E-state index in [0.717, 1.165) is 17.7 Å². The lowest BCUT2D eigenvalue weighted by Crippen LogP contribution is -2.71. The Morgan fingerprint density at radius 2 is 1.96 bits per heavy atom. The number of aromatic amines is 1. The van der Waals surface area contributed by atoms with Gasteiger partial charge in [0.15, 0.2) is 0 Å². The Labute approximate surface area is 262 Å². The fourth-order valence-corrected chi connectivity index (χ4v) is 7.18. The molecule has 2 aliphatic heterocycles. The van der Waals surface area contributed by atoms with Crippen molar-refractivity contribution >= 4 is 53.0 Å². The molecule has 4 amide bonds. The van der Waals surface area contributed by atoms with Crippen molar-refractivity contribution in [3.63, 3.8) is 0 Å². The summed E-state index contributed by atoms with van der Waals surface area (Å²) in [6.45, 7) is 0. The maximum absolute atomic E-state index is 13.5. The number of hydrogen-bond acceptors (Lipinski definition) is 12. The number of aryl methyl sites for hydroxylation is 1. The second-order valence-electron chi connectivity index (χ2n) is 10.4. The summed E-state index contributed by atoms with van der Waals surface area (Å²) in [5, 5.41) is 38.2. The molecule has 234 valence electrons. The standard InChI is InChI=1S/C26H26N10O7S2/c1-35-26(32-33-34-35)45-10-13-9-44-23-17(22(40)36(23)18(13)24(41)42)29-21(39)16(11-4-6-14(37)7-5-11)30-25(43)28-15-8-27-19(12-2-3-12)31-20(15)38/h4-8,12,16-17,23,37H,2-3,9-10H2,1H3,(H,29,39)(H,41,42)(H,27,31,38)(H2,28,30,43)/t16-,17?,23-/m1/s1. The molecular weight excluding hydrogens is 628 g/mol. The first-order chi connectivity index (χ1) is 21.6. The largest absolute Gasteiger partial charge is 0.508 e. The van der Waals surface area contributed by atoms with Gasteiger partial charge in [-0.1, -0.05) is 23.9 Å². The van der Waals surface area contributed by atoms with E-state index in [9.17, 15) is 34.2 Å². The molecule has 6 N–H and O–H groups in total. The van der Waals surface area contributed by atoms with E-state index in [1.807, 2.05) is 0 Å². The number of carbonyl (C=O) groups is 4. The number of anilines is 1. The fraction of sp³-hybridized carbons (Fsp3) is 0.346. The van der Waals surface area contributed by atoms with Crippen molar-refractivity contribution in [3.8, 4) is 5.75 Å². The minimum absolute atomic E-state index is 0.0727. The van der Waals surface area contributed by atoms with Crippen LogP contribution in [0.5, 0.6) is 5.75 Å². The quantitative estimate of drug-likeness (QED) is 0.127. The topological polar surface area (TPSA) is 237 Å². The van der Waals surface area contributed by atoms with Crippen LogP contribution in [0, 0.1) is 0 Å². The Hall–Kier alpha value is -4.91. The van der Waals surface area contributed by atoms with Crippen molar-refractivity contribution in [1.29, 1.82) is 0 Å². The van der Waals surface area contributed by atoms with Gasteiger partial charge in [-0.3, -0.25) is 19.3 Å². The molecule has 6 rings (SSSR count). The lowest BCUT2D eigenvalue weighted by atomic mass is 10.0. The number of aromatic hydroxyl groups is 1. The summed E-state index contributed by atoms with van der Waals surface area (Å²) in [6, 6.07) is 2.19. The molecule has 3 aromatic rings. The molecule has 3 aliphatic rings. The minimum Gasteiger partial charge on any atom is -0.508 e. The van der Waals surface area contributed by atoms with Crippen LogP contribution in [0.2, 0.25) is 0 Å². The number of rotatable bonds is 10. The molecule has 1 aliphatic carbocycles. The van der Waals surface area contributed by atoms with E-state index >= 15 is 0 Å². The van der Waals surface area contributed by atoms with Crippen molar-refractivity contribution in [1.82, 2.24) is 45.7 Å². The molecule has 17 nitrogen and oxygen atoms in total. The highest BCUT2D eigenvalue weighted by molar-refractivity contribution is 8.01. The van der Waals surface area contributed by atoms with Crippen LogP contribution in [0.15, 0.2) is 51.7 Å². The predicted molar refractivity (Wildman–Crippen MR) is 159 cm³/mol. The van der Waals surface area contributed by atoms with E-state index in [0.29, 0.717) is 16.6 Å². The summed E-state index contributed by atoms with van der Waals surface area (Å²) < 4.78 is 1.45. The Morgan fingerprint density at radius 1 is 1.20 bits per heavy atom. The lowest BCUT2D eigenvalue weighted by Gasteiger charge is -2.49. The Morgan fingerprint density at radius 3 is 2.60 bits per heavy atom. The summed E-state index contributed by atoms with van der Waals surface area (Å²) in [5.41, 5.74) is -0.0425. The number of carboxylic acid groups (broad SMARTS) is 1. The van der Waals surface area contributed by atoms with Gasteiger partial charge in [-0.25, -0.2) is 19.3 Å². The van der Waals surface area contributed by atoms with Gasteiger partial charge < -0.3 is 31.1 Å². The zero-order valence-electron chi connectivity index (χ0n) is 23.5. The third-order valence-electron chi connectivity index (χ3n) is 7.30. The van der Waals surface area contributed by atoms with E-state index in [-0.39, 0.29) is 40.1 Å². The number of amides is 4. The van der Waals surface area contributed by atoms with Gasteiger partial charge in [-0.2, -0.15) is 0 Å². The first-order valence-electron chi connectivity index (χ1n) is 13.6. The Balaban J connectivity index is 1.16. The van der Waals surface area contributed by atoms with Gasteiger partial charge in [0.05, 0.1) is 6.20 Å². The number of fused-ring (bicyclic) bond motifs is 1. The first-order valence-corrected chi connectivity index (χ1v) is 15.7. The van der Waals surface area contributed by atoms with E-state index in [4.69, 9.17) is 0 Å². The number of phenolic OH excluding ortho intramolecular Hbond substituents is 1. The van der Waals surface area contributed by atoms with Gasteiger partial charge in [0.2, 0.25) is 11.1 Å². The number of aliphatic carboxylic acids is 1. The van der Waals surface area contributed by atoms with Crippen LogP contribution in [0.4, 0.5) is 10.5 Å². The molecule has 3 atom stereocenters. The molecule has 1 unspecified atom stereocenters. The number of urea groups is 1. The molecule has 1 saturated carbocycles. The first kappa shape index (κ1) is 30.1. The number of carbonyl (C=O) groups excluding carboxylic acids is 3. The van der Waals surface area contributed by atoms with Gasteiger partial charge >= 0.3 is 12.0 Å². The van der Waals surface area contributed by atoms with Crippen molar-refractivity contribution < 1.29 is 29.4 Å². The molecule has 45 heavy (non-hydrogen) atoms. The molecule has 1 saturated heterocycles. The molecule has 4 heterocycles. The summed E-state index contributed by atoms with van der Waals surface area (Å²) in [5.74, 6) is -1.47. The highest BCUT2D eigenvalue weighted by Gasteiger charge is 2.54. The van der Waals surface area contributed by atoms with Crippen LogP contribution in [0.25, 0.3) is 0 Å². The van der Waals surface area contributed by atoms with Crippen molar-refractivity contribution in [2.45, 2.75) is 41.4 Å². The fourth-order valence-electron chi connectivity index (χ4n) is 4.84. The van der Waals surface area contributed by atoms with Gasteiger partial charge in [-0.05, 0) is 46.5 Å². The number of carboxylic acids is 1. The average Bonchev–Trinajstić information content (AvgIpc) is 3.79. The maximum Gasteiger partial charge on any atom is 0.352 e. The van der Waals surface area contributed by atoms with Crippen LogP contribution in [0.3, 0.4) is 0 Å². The van der Waals surface area contributed by atoms with Crippen LogP contribution < -0.4 is 21.5 Å². The van der Waals surface area contributed by atoms with Crippen LogP contribution in [0.1, 0.15) is 36.2 Å². The van der Waals surface area contributed by atoms with Gasteiger partial charge in [0.25, 0.3) is 11.5 Å². The number of aromatic nitrogens is 6. The van der Waals surface area contributed by atoms with E-state index in [1.54, 1.807) is 7.05 Å². The van der Waals surface area contributed by atoms with Gasteiger partial charge in [-0.15, -0.1) is 16.9 Å². The molecule has 0 spiro atoms. The van der Waals surface area contributed by atoms with Crippen LogP contribution >= 0.6 is 23.5 Å². The number of H-pyrrole nitrogens is 1. The van der Waals surface area contributed by atoms with Gasteiger partial charge in [0.1, 0.15) is 40.4 Å². The number of phenols is 1. The molecule has 0 radical (unpaired) electrons. The summed E-state index contributed by atoms with van der Waals surface area (Å²) in [7, 11) is 1.65. The molecule has 1 aromatic carbocycles. The molecule has 2 aromatic heterocycles. The second kappa shape index (κ2) is 12.2. The third-order valence-corrected chi connectivity index (χ3v) is 9.74. The minimum atomic E-state index is -1.35. The maximum atomic E-state index is 13.5.